The number of carbonyl (C=O) groups excluding carboxylic acids is 1. The highest BCUT2D eigenvalue weighted by Gasteiger charge is 2.30. The standard InChI is InChI=1S/C22H15F4N3O/c23-16-6-9-19-14(10-16)11-20(29-19)13-4-7-17(8-5-13)27-21(30)28-18-3-1-2-15(12-18)22(24,25)26/h1-12,29H,(H2,27,28,30). The summed E-state index contributed by atoms with van der Waals surface area (Å²) in [7, 11) is 0. The second-order valence-electron chi connectivity index (χ2n) is 6.65. The SMILES string of the molecule is O=C(Nc1ccc(-c2cc3cc(F)ccc3[nH]2)cc1)Nc1cccc(C(F)(F)F)c1. The average molecular weight is 413 g/mol. The van der Waals surface area contributed by atoms with Crippen LogP contribution in [0.2, 0.25) is 0 Å². The van der Waals surface area contributed by atoms with Gasteiger partial charge in [-0.1, -0.05) is 18.2 Å². The molecule has 2 amide bonds. The number of hydrogen-bond acceptors (Lipinski definition) is 1. The summed E-state index contributed by atoms with van der Waals surface area (Å²) in [6.45, 7) is 0. The molecule has 4 aromatic rings. The van der Waals surface area contributed by atoms with E-state index in [0.29, 0.717) is 5.69 Å². The molecule has 0 saturated carbocycles. The van der Waals surface area contributed by atoms with Crippen LogP contribution in [0.5, 0.6) is 0 Å². The highest BCUT2D eigenvalue weighted by Crippen LogP contribution is 2.31. The number of urea groups is 1. The molecule has 0 spiro atoms. The Bertz CT molecular complexity index is 1210. The summed E-state index contributed by atoms with van der Waals surface area (Å²) in [4.78, 5) is 15.3. The molecule has 0 fully saturated rings. The first-order chi connectivity index (χ1) is 14.3. The van der Waals surface area contributed by atoms with Gasteiger partial charge in [0, 0.05) is 28.0 Å². The molecule has 30 heavy (non-hydrogen) atoms. The predicted molar refractivity (Wildman–Crippen MR) is 108 cm³/mol. The van der Waals surface area contributed by atoms with Gasteiger partial charge in [0.25, 0.3) is 0 Å². The predicted octanol–water partition coefficient (Wildman–Crippen LogP) is 6.64. The van der Waals surface area contributed by atoms with Crippen molar-refractivity contribution in [1.82, 2.24) is 4.98 Å². The summed E-state index contributed by atoms with van der Waals surface area (Å²) in [6.07, 6.45) is -4.49. The lowest BCUT2D eigenvalue weighted by atomic mass is 10.1. The van der Waals surface area contributed by atoms with Crippen molar-refractivity contribution in [2.75, 3.05) is 10.6 Å². The number of H-pyrrole nitrogens is 1. The molecular formula is C22H15F4N3O. The zero-order valence-corrected chi connectivity index (χ0v) is 15.3. The lowest BCUT2D eigenvalue weighted by molar-refractivity contribution is -0.137. The molecule has 3 N–H and O–H groups in total. The van der Waals surface area contributed by atoms with Crippen LogP contribution in [0.1, 0.15) is 5.56 Å². The van der Waals surface area contributed by atoms with Crippen LogP contribution in [0.4, 0.5) is 33.7 Å². The van der Waals surface area contributed by atoms with Crippen LogP contribution in [0.3, 0.4) is 0 Å². The minimum absolute atomic E-state index is 0.0317. The van der Waals surface area contributed by atoms with E-state index in [9.17, 15) is 22.4 Å². The minimum atomic E-state index is -4.49. The second kappa shape index (κ2) is 7.55. The number of amides is 2. The van der Waals surface area contributed by atoms with Crippen LogP contribution < -0.4 is 10.6 Å². The van der Waals surface area contributed by atoms with Crippen molar-refractivity contribution in [3.8, 4) is 11.3 Å². The van der Waals surface area contributed by atoms with Crippen LogP contribution in [-0.4, -0.2) is 11.0 Å². The quantitative estimate of drug-likeness (QED) is 0.324. The van der Waals surface area contributed by atoms with Crippen molar-refractivity contribution in [2.45, 2.75) is 6.18 Å². The van der Waals surface area contributed by atoms with E-state index >= 15 is 0 Å². The molecule has 0 aliphatic carbocycles. The monoisotopic (exact) mass is 413 g/mol. The molecule has 152 valence electrons. The van der Waals surface area contributed by atoms with Crippen LogP contribution in [0.15, 0.2) is 72.8 Å². The van der Waals surface area contributed by atoms with Gasteiger partial charge in [0.05, 0.1) is 5.56 Å². The summed E-state index contributed by atoms with van der Waals surface area (Å²) < 4.78 is 51.6. The van der Waals surface area contributed by atoms with E-state index in [-0.39, 0.29) is 11.5 Å². The second-order valence-corrected chi connectivity index (χ2v) is 6.65. The summed E-state index contributed by atoms with van der Waals surface area (Å²) in [6, 6.07) is 16.9. The maximum Gasteiger partial charge on any atom is 0.416 e. The molecule has 1 heterocycles. The number of hydrogen-bond donors (Lipinski definition) is 3. The van der Waals surface area contributed by atoms with Crippen LogP contribution >= 0.6 is 0 Å². The zero-order valence-electron chi connectivity index (χ0n) is 15.3. The third-order valence-corrected chi connectivity index (χ3v) is 4.48. The van der Waals surface area contributed by atoms with Crippen molar-refractivity contribution in [1.29, 1.82) is 0 Å². The Morgan fingerprint density at radius 3 is 2.30 bits per heavy atom. The van der Waals surface area contributed by atoms with Crippen LogP contribution in [0.25, 0.3) is 22.2 Å². The van der Waals surface area contributed by atoms with Gasteiger partial charge in [-0.2, -0.15) is 13.2 Å². The smallest absolute Gasteiger partial charge is 0.355 e. The maximum absolute atomic E-state index is 13.3. The fourth-order valence-corrected chi connectivity index (χ4v) is 3.06. The van der Waals surface area contributed by atoms with Gasteiger partial charge in [-0.25, -0.2) is 9.18 Å². The van der Waals surface area contributed by atoms with Gasteiger partial charge < -0.3 is 15.6 Å². The van der Waals surface area contributed by atoms with Gasteiger partial charge >= 0.3 is 12.2 Å². The lowest BCUT2D eigenvalue weighted by Gasteiger charge is -2.11. The number of aromatic amines is 1. The third-order valence-electron chi connectivity index (χ3n) is 4.48. The van der Waals surface area contributed by atoms with Crippen molar-refractivity contribution >= 4 is 28.3 Å². The average Bonchev–Trinajstić information content (AvgIpc) is 3.11. The largest absolute Gasteiger partial charge is 0.416 e. The van der Waals surface area contributed by atoms with E-state index in [2.05, 4.69) is 15.6 Å². The molecular weight excluding hydrogens is 398 g/mol. The molecule has 0 saturated heterocycles. The van der Waals surface area contributed by atoms with E-state index in [1.54, 1.807) is 30.3 Å². The van der Waals surface area contributed by atoms with Crippen molar-refractivity contribution in [3.63, 3.8) is 0 Å². The normalized spacial score (nSPS) is 11.5. The Hall–Kier alpha value is -3.81. The summed E-state index contributed by atoms with van der Waals surface area (Å²) in [5.41, 5.74) is 2.07. The Labute approximate surface area is 168 Å². The first-order valence-corrected chi connectivity index (χ1v) is 8.92. The zero-order chi connectivity index (χ0) is 21.3. The van der Waals surface area contributed by atoms with Crippen molar-refractivity contribution in [3.05, 3.63) is 84.2 Å². The fourth-order valence-electron chi connectivity index (χ4n) is 3.06. The first-order valence-electron chi connectivity index (χ1n) is 8.92. The van der Waals surface area contributed by atoms with Crippen molar-refractivity contribution < 1.29 is 22.4 Å². The molecule has 0 radical (unpaired) electrons. The number of aromatic nitrogens is 1. The highest BCUT2D eigenvalue weighted by atomic mass is 19.4. The number of nitrogens with one attached hydrogen (secondary N) is 3. The Morgan fingerprint density at radius 2 is 1.57 bits per heavy atom. The fraction of sp³-hybridized carbons (Fsp3) is 0.0455. The molecule has 4 rings (SSSR count). The number of alkyl halides is 3. The van der Waals surface area contributed by atoms with E-state index in [1.165, 1.54) is 24.3 Å². The molecule has 1 aromatic heterocycles. The van der Waals surface area contributed by atoms with E-state index in [1.807, 2.05) is 6.07 Å². The van der Waals surface area contributed by atoms with Gasteiger partial charge in [0.1, 0.15) is 5.82 Å². The molecule has 0 bridgehead atoms. The van der Waals surface area contributed by atoms with E-state index in [0.717, 1.165) is 34.3 Å². The molecule has 8 heteroatoms. The first kappa shape index (κ1) is 19.5. The molecule has 3 aromatic carbocycles. The molecule has 0 atom stereocenters. The van der Waals surface area contributed by atoms with E-state index < -0.39 is 17.8 Å². The van der Waals surface area contributed by atoms with Gasteiger partial charge in [0.15, 0.2) is 0 Å². The number of carbonyl (C=O) groups is 1. The van der Waals surface area contributed by atoms with Crippen molar-refractivity contribution in [2.24, 2.45) is 0 Å². The summed E-state index contributed by atoms with van der Waals surface area (Å²) in [5, 5.41) is 5.69. The Morgan fingerprint density at radius 1 is 0.833 bits per heavy atom. The number of anilines is 2. The maximum atomic E-state index is 13.3. The molecule has 0 unspecified atom stereocenters. The Balaban J connectivity index is 1.45. The topological polar surface area (TPSA) is 56.9 Å². The van der Waals surface area contributed by atoms with Crippen LogP contribution in [0, 0.1) is 5.82 Å². The number of benzene rings is 3. The lowest BCUT2D eigenvalue weighted by Crippen LogP contribution is -2.19. The number of rotatable bonds is 3. The minimum Gasteiger partial charge on any atom is -0.355 e. The number of halogens is 4. The van der Waals surface area contributed by atoms with E-state index in [4.69, 9.17) is 0 Å². The number of fused-ring (bicyclic) bond motifs is 1. The highest BCUT2D eigenvalue weighted by molar-refractivity contribution is 6.00. The van der Waals surface area contributed by atoms with Gasteiger partial charge in [-0.15, -0.1) is 0 Å². The molecule has 0 aliphatic rings. The van der Waals surface area contributed by atoms with Gasteiger partial charge in [-0.05, 0) is 60.2 Å². The van der Waals surface area contributed by atoms with Gasteiger partial charge in [0.2, 0.25) is 0 Å². The summed E-state index contributed by atoms with van der Waals surface area (Å²) in [5.74, 6) is -0.320. The third kappa shape index (κ3) is 4.27. The van der Waals surface area contributed by atoms with Crippen LogP contribution in [-0.2, 0) is 6.18 Å². The van der Waals surface area contributed by atoms with Gasteiger partial charge in [-0.3, -0.25) is 0 Å². The summed E-state index contributed by atoms with van der Waals surface area (Å²) >= 11 is 0. The molecule has 4 nitrogen and oxygen atoms in total. The molecule has 0 aliphatic heterocycles. The Kier molecular flexibility index (Phi) is 4.91.